The Bertz CT molecular complexity index is 807. The number of hydrogen-bond acceptors (Lipinski definition) is 5. The van der Waals surface area contributed by atoms with Crippen molar-refractivity contribution in [1.29, 1.82) is 0 Å². The Balaban J connectivity index is 1.81. The minimum absolute atomic E-state index is 0.542. The molecule has 0 spiro atoms. The molecule has 23 heavy (non-hydrogen) atoms. The fraction of sp³-hybridized carbons (Fsp3) is 0.389. The molecule has 1 fully saturated rings. The van der Waals surface area contributed by atoms with E-state index in [1.54, 1.807) is 17.5 Å². The van der Waals surface area contributed by atoms with Crippen molar-refractivity contribution in [2.75, 3.05) is 5.32 Å². The summed E-state index contributed by atoms with van der Waals surface area (Å²) in [6, 6.07) is 6.73. The smallest absolute Gasteiger partial charge is 0.164 e. The Hall–Kier alpha value is -2.01. The molecule has 0 aromatic carbocycles. The second-order valence-electron chi connectivity index (χ2n) is 6.05. The molecule has 4 rings (SSSR count). The number of anilines is 1. The monoisotopic (exact) mass is 324 g/mol. The Morgan fingerprint density at radius 3 is 2.87 bits per heavy atom. The molecule has 0 amide bonds. The van der Waals surface area contributed by atoms with Crippen LogP contribution in [0.1, 0.15) is 37.5 Å². The lowest BCUT2D eigenvalue weighted by molar-refractivity contribution is 0.752. The van der Waals surface area contributed by atoms with Gasteiger partial charge in [0.25, 0.3) is 0 Å². The summed E-state index contributed by atoms with van der Waals surface area (Å²) in [6.07, 6.45) is 9.73. The summed E-state index contributed by atoms with van der Waals surface area (Å²) in [7, 11) is 0. The van der Waals surface area contributed by atoms with Gasteiger partial charge in [0.2, 0.25) is 0 Å². The summed E-state index contributed by atoms with van der Waals surface area (Å²) >= 11 is 1.77. The number of nitrogens with one attached hydrogen (secondary N) is 1. The van der Waals surface area contributed by atoms with Crippen LogP contribution in [0.15, 0.2) is 30.6 Å². The Morgan fingerprint density at radius 2 is 2.13 bits per heavy atom. The Labute approximate surface area is 140 Å². The lowest BCUT2D eigenvalue weighted by Gasteiger charge is -2.14. The molecule has 0 saturated heterocycles. The molecule has 1 N–H and O–H groups in total. The van der Waals surface area contributed by atoms with Gasteiger partial charge >= 0.3 is 0 Å². The molecule has 0 aliphatic heterocycles. The number of fused-ring (bicyclic) bond motifs is 1. The van der Waals surface area contributed by atoms with Crippen molar-refractivity contribution >= 4 is 27.4 Å². The molecule has 3 heterocycles. The van der Waals surface area contributed by atoms with Gasteiger partial charge in [-0.3, -0.25) is 4.98 Å². The number of hydrogen-bond donors (Lipinski definition) is 1. The van der Waals surface area contributed by atoms with Crippen LogP contribution in [0.5, 0.6) is 0 Å². The molecular formula is C18H20N4S. The second-order valence-corrected chi connectivity index (χ2v) is 7.16. The van der Waals surface area contributed by atoms with Gasteiger partial charge in [0.1, 0.15) is 10.6 Å². The molecule has 5 heteroatoms. The fourth-order valence-corrected chi connectivity index (χ4v) is 4.11. The number of thiophene rings is 1. The summed E-state index contributed by atoms with van der Waals surface area (Å²) < 4.78 is 0. The van der Waals surface area contributed by atoms with Crippen LogP contribution in [0.3, 0.4) is 0 Å². The fourth-order valence-electron chi connectivity index (χ4n) is 3.14. The predicted molar refractivity (Wildman–Crippen MR) is 95.9 cm³/mol. The van der Waals surface area contributed by atoms with E-state index in [0.717, 1.165) is 33.8 Å². The van der Waals surface area contributed by atoms with Crippen LogP contribution in [0.2, 0.25) is 0 Å². The van der Waals surface area contributed by atoms with Crippen LogP contribution in [-0.2, 0) is 6.42 Å². The van der Waals surface area contributed by atoms with Gasteiger partial charge in [-0.25, -0.2) is 9.97 Å². The number of rotatable bonds is 4. The van der Waals surface area contributed by atoms with Gasteiger partial charge < -0.3 is 5.32 Å². The minimum atomic E-state index is 0.542. The van der Waals surface area contributed by atoms with Gasteiger partial charge in [0, 0.05) is 28.9 Å². The standard InChI is InChI=1S/C18H20N4S/c1-2-14-10-15-17(20-13-7-3-4-8-13)21-16(22-18(15)23-14)12-6-5-9-19-11-12/h5-6,9-11,13H,2-4,7-8H2,1H3,(H,20,21,22). The largest absolute Gasteiger partial charge is 0.367 e. The molecule has 0 atom stereocenters. The van der Waals surface area contributed by atoms with Crippen LogP contribution in [0.4, 0.5) is 5.82 Å². The number of nitrogens with zero attached hydrogens (tertiary/aromatic N) is 3. The Kier molecular flexibility index (Phi) is 3.95. The number of pyridine rings is 1. The van der Waals surface area contributed by atoms with Crippen molar-refractivity contribution in [1.82, 2.24) is 15.0 Å². The highest BCUT2D eigenvalue weighted by atomic mass is 32.1. The zero-order chi connectivity index (χ0) is 15.6. The van der Waals surface area contributed by atoms with Gasteiger partial charge in [-0.1, -0.05) is 19.8 Å². The molecule has 118 valence electrons. The number of aromatic nitrogens is 3. The SMILES string of the molecule is CCc1cc2c(NC3CCCC3)nc(-c3cccnc3)nc2s1. The van der Waals surface area contributed by atoms with E-state index in [1.807, 2.05) is 18.3 Å². The lowest BCUT2D eigenvalue weighted by Crippen LogP contribution is -2.16. The van der Waals surface area contributed by atoms with E-state index < -0.39 is 0 Å². The zero-order valence-electron chi connectivity index (χ0n) is 13.2. The van der Waals surface area contributed by atoms with E-state index >= 15 is 0 Å². The molecule has 1 aliphatic carbocycles. The van der Waals surface area contributed by atoms with Crippen LogP contribution >= 0.6 is 11.3 Å². The molecule has 3 aromatic rings. The van der Waals surface area contributed by atoms with E-state index in [9.17, 15) is 0 Å². The molecule has 0 radical (unpaired) electrons. The number of aryl methyl sites for hydroxylation is 1. The van der Waals surface area contributed by atoms with Crippen molar-refractivity contribution in [3.63, 3.8) is 0 Å². The lowest BCUT2D eigenvalue weighted by atomic mass is 10.2. The third kappa shape index (κ3) is 2.93. The predicted octanol–water partition coefficient (Wildman–Crippen LogP) is 4.67. The average Bonchev–Trinajstić information content (AvgIpc) is 3.24. The van der Waals surface area contributed by atoms with Crippen LogP contribution in [-0.4, -0.2) is 21.0 Å². The third-order valence-corrected chi connectivity index (χ3v) is 5.58. The third-order valence-electron chi connectivity index (χ3n) is 4.41. The normalized spacial score (nSPS) is 15.3. The highest BCUT2D eigenvalue weighted by Crippen LogP contribution is 2.33. The van der Waals surface area contributed by atoms with E-state index in [-0.39, 0.29) is 0 Å². The van der Waals surface area contributed by atoms with Crippen LogP contribution in [0.25, 0.3) is 21.6 Å². The summed E-state index contributed by atoms with van der Waals surface area (Å²) in [4.78, 5) is 16.2. The van der Waals surface area contributed by atoms with Crippen molar-refractivity contribution in [2.24, 2.45) is 0 Å². The van der Waals surface area contributed by atoms with Crippen molar-refractivity contribution in [3.05, 3.63) is 35.5 Å². The quantitative estimate of drug-likeness (QED) is 0.757. The van der Waals surface area contributed by atoms with Crippen molar-refractivity contribution < 1.29 is 0 Å². The first-order chi connectivity index (χ1) is 11.3. The second kappa shape index (κ2) is 6.24. The first kappa shape index (κ1) is 14.6. The minimum Gasteiger partial charge on any atom is -0.367 e. The molecular weight excluding hydrogens is 304 g/mol. The summed E-state index contributed by atoms with van der Waals surface area (Å²) in [5, 5.41) is 4.83. The maximum Gasteiger partial charge on any atom is 0.164 e. The summed E-state index contributed by atoms with van der Waals surface area (Å²) in [6.45, 7) is 2.18. The zero-order valence-corrected chi connectivity index (χ0v) is 14.1. The highest BCUT2D eigenvalue weighted by molar-refractivity contribution is 7.18. The molecule has 1 aliphatic rings. The molecule has 0 bridgehead atoms. The first-order valence-corrected chi connectivity index (χ1v) is 9.12. The molecule has 3 aromatic heterocycles. The maximum absolute atomic E-state index is 4.83. The molecule has 1 saturated carbocycles. The topological polar surface area (TPSA) is 50.7 Å². The van der Waals surface area contributed by atoms with E-state index in [4.69, 9.17) is 9.97 Å². The van der Waals surface area contributed by atoms with E-state index in [1.165, 1.54) is 30.6 Å². The Morgan fingerprint density at radius 1 is 1.26 bits per heavy atom. The van der Waals surface area contributed by atoms with Crippen molar-refractivity contribution in [3.8, 4) is 11.4 Å². The van der Waals surface area contributed by atoms with Gasteiger partial charge in [0.05, 0.1) is 5.39 Å². The summed E-state index contributed by atoms with van der Waals surface area (Å²) in [5.41, 5.74) is 0.968. The highest BCUT2D eigenvalue weighted by Gasteiger charge is 2.18. The summed E-state index contributed by atoms with van der Waals surface area (Å²) in [5.74, 6) is 1.74. The van der Waals surface area contributed by atoms with Crippen LogP contribution < -0.4 is 5.32 Å². The van der Waals surface area contributed by atoms with Crippen molar-refractivity contribution in [2.45, 2.75) is 45.1 Å². The first-order valence-electron chi connectivity index (χ1n) is 8.31. The molecule has 0 unspecified atom stereocenters. The van der Waals surface area contributed by atoms with Gasteiger partial charge in [-0.05, 0) is 37.5 Å². The van der Waals surface area contributed by atoms with Gasteiger partial charge in [0.15, 0.2) is 5.82 Å². The molecule has 4 nitrogen and oxygen atoms in total. The van der Waals surface area contributed by atoms with E-state index in [0.29, 0.717) is 6.04 Å². The maximum atomic E-state index is 4.83. The van der Waals surface area contributed by atoms with Gasteiger partial charge in [-0.15, -0.1) is 11.3 Å². The van der Waals surface area contributed by atoms with E-state index in [2.05, 4.69) is 23.3 Å². The average molecular weight is 324 g/mol. The van der Waals surface area contributed by atoms with Crippen LogP contribution in [0, 0.1) is 0 Å². The van der Waals surface area contributed by atoms with Gasteiger partial charge in [-0.2, -0.15) is 0 Å².